The molecule has 1 heterocycles. The first kappa shape index (κ1) is 18.8. The Hall–Kier alpha value is -2.51. The number of hydrazone groups is 1. The second kappa shape index (κ2) is 5.75. The van der Waals surface area contributed by atoms with Crippen LogP contribution >= 0.6 is 0 Å². The van der Waals surface area contributed by atoms with Gasteiger partial charge in [0.2, 0.25) is 5.72 Å². The fourth-order valence-electron chi connectivity index (χ4n) is 3.90. The van der Waals surface area contributed by atoms with E-state index in [-0.39, 0.29) is 16.2 Å². The first-order chi connectivity index (χ1) is 13.0. The zero-order valence-corrected chi connectivity index (χ0v) is 17.0. The van der Waals surface area contributed by atoms with E-state index in [9.17, 15) is 18.3 Å². The predicted octanol–water partition coefficient (Wildman–Crippen LogP) is 3.06. The number of hydrogen-bond acceptors (Lipinski definition) is 5. The molecule has 7 heteroatoms. The molecule has 146 valence electrons. The lowest BCUT2D eigenvalue weighted by Gasteiger charge is -2.32. The van der Waals surface area contributed by atoms with Crippen molar-refractivity contribution >= 4 is 21.5 Å². The monoisotopic (exact) mass is 398 g/mol. The SMILES string of the molecule is Cc1ccc(S(=O)(=O)N2N=C(C(C)(C)C)[C@H]3C(=O)c4ccccc4[C@]32O)cc1. The smallest absolute Gasteiger partial charge is 0.282 e. The molecule has 2 atom stereocenters. The Morgan fingerprint density at radius 3 is 2.29 bits per heavy atom. The van der Waals surface area contributed by atoms with Gasteiger partial charge in [0.1, 0.15) is 5.92 Å². The van der Waals surface area contributed by atoms with Crippen molar-refractivity contribution in [1.29, 1.82) is 0 Å². The van der Waals surface area contributed by atoms with Crippen LogP contribution in [0.25, 0.3) is 0 Å². The first-order valence-corrected chi connectivity index (χ1v) is 10.5. The van der Waals surface area contributed by atoms with Gasteiger partial charge in [0.25, 0.3) is 10.0 Å². The van der Waals surface area contributed by atoms with Crippen LogP contribution in [0.15, 0.2) is 58.5 Å². The molecule has 1 N–H and O–H groups in total. The minimum atomic E-state index is -4.18. The summed E-state index contributed by atoms with van der Waals surface area (Å²) in [6.45, 7) is 7.41. The number of hydrogen-bond donors (Lipinski definition) is 1. The Bertz CT molecular complexity index is 1110. The lowest BCUT2D eigenvalue weighted by atomic mass is 9.78. The number of nitrogens with zero attached hydrogens (tertiary/aromatic N) is 2. The summed E-state index contributed by atoms with van der Waals surface area (Å²) in [7, 11) is -4.18. The minimum absolute atomic E-state index is 0.0148. The predicted molar refractivity (Wildman–Crippen MR) is 105 cm³/mol. The molecule has 0 aromatic heterocycles. The molecular formula is C21H22N2O4S. The Balaban J connectivity index is 1.98. The molecule has 0 saturated carbocycles. The van der Waals surface area contributed by atoms with Crippen LogP contribution in [0, 0.1) is 18.3 Å². The highest BCUT2D eigenvalue weighted by molar-refractivity contribution is 7.89. The molecule has 0 unspecified atom stereocenters. The van der Waals surface area contributed by atoms with Crippen molar-refractivity contribution in [3.05, 3.63) is 65.2 Å². The summed E-state index contributed by atoms with van der Waals surface area (Å²) in [6, 6.07) is 12.9. The third-order valence-electron chi connectivity index (χ3n) is 5.33. The highest BCUT2D eigenvalue weighted by Gasteiger charge is 2.65. The number of aryl methyl sites for hydroxylation is 1. The van der Waals surface area contributed by atoms with Gasteiger partial charge in [0, 0.05) is 16.5 Å². The van der Waals surface area contributed by atoms with E-state index in [2.05, 4.69) is 5.10 Å². The van der Waals surface area contributed by atoms with E-state index in [1.54, 1.807) is 36.4 Å². The largest absolute Gasteiger partial charge is 0.364 e. The summed E-state index contributed by atoms with van der Waals surface area (Å²) in [6.07, 6.45) is 0. The Morgan fingerprint density at radius 1 is 1.07 bits per heavy atom. The van der Waals surface area contributed by atoms with Gasteiger partial charge in [-0.3, -0.25) is 4.79 Å². The molecule has 28 heavy (non-hydrogen) atoms. The summed E-state index contributed by atoms with van der Waals surface area (Å²) in [5, 5.41) is 16.0. The van der Waals surface area contributed by atoms with Gasteiger partial charge in [-0.2, -0.15) is 13.5 Å². The summed E-state index contributed by atoms with van der Waals surface area (Å²) >= 11 is 0. The molecule has 0 amide bonds. The molecule has 0 saturated heterocycles. The lowest BCUT2D eigenvalue weighted by Crippen LogP contribution is -2.48. The zero-order chi connectivity index (χ0) is 20.5. The highest BCUT2D eigenvalue weighted by atomic mass is 32.2. The van der Waals surface area contributed by atoms with Crippen molar-refractivity contribution in [2.75, 3.05) is 0 Å². The lowest BCUT2D eigenvalue weighted by molar-refractivity contribution is -0.0656. The molecule has 0 spiro atoms. The molecular weight excluding hydrogens is 376 g/mol. The number of benzene rings is 2. The van der Waals surface area contributed by atoms with Crippen molar-refractivity contribution in [1.82, 2.24) is 4.41 Å². The second-order valence-corrected chi connectivity index (χ2v) is 10.1. The summed E-state index contributed by atoms with van der Waals surface area (Å²) in [5.74, 6) is -1.38. The van der Waals surface area contributed by atoms with Crippen LogP contribution in [-0.4, -0.2) is 29.4 Å². The molecule has 0 fully saturated rings. The van der Waals surface area contributed by atoms with E-state index >= 15 is 0 Å². The third kappa shape index (κ3) is 2.39. The van der Waals surface area contributed by atoms with E-state index in [1.807, 2.05) is 27.7 Å². The van der Waals surface area contributed by atoms with Crippen LogP contribution in [0.2, 0.25) is 0 Å². The number of sulfonamides is 1. The maximum Gasteiger partial charge on any atom is 0.282 e. The number of fused-ring (bicyclic) bond motifs is 3. The molecule has 1 aliphatic carbocycles. The fraction of sp³-hybridized carbons (Fsp3) is 0.333. The number of aliphatic hydroxyl groups is 1. The maximum absolute atomic E-state index is 13.4. The van der Waals surface area contributed by atoms with Gasteiger partial charge < -0.3 is 5.11 Å². The maximum atomic E-state index is 13.4. The summed E-state index contributed by atoms with van der Waals surface area (Å²) in [5.41, 5.74) is -0.808. The fourth-order valence-corrected chi connectivity index (χ4v) is 5.35. The van der Waals surface area contributed by atoms with E-state index in [4.69, 9.17) is 0 Å². The molecule has 0 radical (unpaired) electrons. The number of carbonyl (C=O) groups excluding carboxylic acids is 1. The number of Topliss-reactive ketones (excluding diaryl/α,β-unsaturated/α-hetero) is 1. The van der Waals surface area contributed by atoms with Crippen molar-refractivity contribution in [2.24, 2.45) is 16.4 Å². The molecule has 2 aromatic rings. The average molecular weight is 398 g/mol. The van der Waals surface area contributed by atoms with Crippen LogP contribution < -0.4 is 0 Å². The van der Waals surface area contributed by atoms with Crippen LogP contribution in [0.3, 0.4) is 0 Å². The second-order valence-electron chi connectivity index (χ2n) is 8.37. The minimum Gasteiger partial charge on any atom is -0.364 e. The molecule has 0 bridgehead atoms. The normalized spacial score (nSPS) is 24.2. The van der Waals surface area contributed by atoms with Gasteiger partial charge in [-0.15, -0.1) is 4.41 Å². The van der Waals surface area contributed by atoms with Gasteiger partial charge in [0.05, 0.1) is 10.6 Å². The third-order valence-corrected chi connectivity index (χ3v) is 7.02. The topological polar surface area (TPSA) is 87.0 Å². The van der Waals surface area contributed by atoms with Crippen LogP contribution in [0.4, 0.5) is 0 Å². The van der Waals surface area contributed by atoms with Gasteiger partial charge in [0.15, 0.2) is 5.78 Å². The van der Waals surface area contributed by atoms with Crippen molar-refractivity contribution in [3.63, 3.8) is 0 Å². The van der Waals surface area contributed by atoms with E-state index in [1.165, 1.54) is 12.1 Å². The van der Waals surface area contributed by atoms with E-state index in [0.717, 1.165) is 9.98 Å². The average Bonchev–Trinajstić information content (AvgIpc) is 3.06. The standard InChI is InChI=1S/C21H22N2O4S/c1-13-9-11-14(12-10-13)28(26,27)23-21(25)16-8-6-5-7-15(16)18(24)17(21)19(22-23)20(2,3)4/h5-12,17,25H,1-4H3/t17-,21+/m1/s1. The quantitative estimate of drug-likeness (QED) is 0.842. The Kier molecular flexibility index (Phi) is 3.87. The van der Waals surface area contributed by atoms with Gasteiger partial charge in [-0.05, 0) is 19.1 Å². The molecule has 2 aliphatic rings. The molecule has 4 rings (SSSR count). The molecule has 1 aliphatic heterocycles. The first-order valence-electron chi connectivity index (χ1n) is 9.06. The van der Waals surface area contributed by atoms with Crippen molar-refractivity contribution in [3.8, 4) is 0 Å². The van der Waals surface area contributed by atoms with Gasteiger partial charge in [-0.25, -0.2) is 0 Å². The summed E-state index contributed by atoms with van der Waals surface area (Å²) in [4.78, 5) is 13.1. The number of rotatable bonds is 2. The van der Waals surface area contributed by atoms with Gasteiger partial charge in [-0.1, -0.05) is 62.7 Å². The van der Waals surface area contributed by atoms with E-state index in [0.29, 0.717) is 11.3 Å². The van der Waals surface area contributed by atoms with Gasteiger partial charge >= 0.3 is 0 Å². The molecule has 6 nitrogen and oxygen atoms in total. The Morgan fingerprint density at radius 2 is 1.68 bits per heavy atom. The molecule has 2 aromatic carbocycles. The van der Waals surface area contributed by atoms with Crippen LogP contribution in [0.5, 0.6) is 0 Å². The summed E-state index contributed by atoms with van der Waals surface area (Å²) < 4.78 is 27.6. The number of ketones is 1. The van der Waals surface area contributed by atoms with Crippen molar-refractivity contribution < 1.29 is 18.3 Å². The van der Waals surface area contributed by atoms with Crippen LogP contribution in [-0.2, 0) is 15.7 Å². The van der Waals surface area contributed by atoms with Crippen LogP contribution in [0.1, 0.15) is 42.3 Å². The Labute approximate surface area is 164 Å². The highest BCUT2D eigenvalue weighted by Crippen LogP contribution is 2.52. The number of carbonyl (C=O) groups is 1. The van der Waals surface area contributed by atoms with Crippen molar-refractivity contribution in [2.45, 2.75) is 38.3 Å². The zero-order valence-electron chi connectivity index (χ0n) is 16.2. The van der Waals surface area contributed by atoms with E-state index < -0.39 is 27.1 Å².